The van der Waals surface area contributed by atoms with Gasteiger partial charge >= 0.3 is 11.9 Å². The number of amides is 4. The van der Waals surface area contributed by atoms with Crippen molar-refractivity contribution in [1.29, 1.82) is 0 Å². The van der Waals surface area contributed by atoms with Gasteiger partial charge in [-0.1, -0.05) is 0 Å². The monoisotopic (exact) mass is 586 g/mol. The van der Waals surface area contributed by atoms with Crippen LogP contribution >= 0.6 is 0 Å². The molecule has 0 bridgehead atoms. The predicted octanol–water partition coefficient (Wildman–Crippen LogP) is -1.22. The molecule has 4 amide bonds. The number of unbranched alkanes of at least 4 members (excludes halogenated alkanes) is 1. The maximum atomic E-state index is 12.2. The highest BCUT2D eigenvalue weighted by Crippen LogP contribution is 2.04. The molecule has 0 saturated heterocycles. The Hall–Kier alpha value is -3.59. The van der Waals surface area contributed by atoms with Crippen LogP contribution < -0.4 is 32.3 Å². The van der Waals surface area contributed by atoms with E-state index in [1.54, 1.807) is 7.05 Å². The number of carbonyl (C=O) groups excluding carboxylic acids is 5. The van der Waals surface area contributed by atoms with E-state index in [-0.39, 0.29) is 69.2 Å². The molecule has 15 nitrogen and oxygen atoms in total. The maximum Gasteiger partial charge on any atom is 0.326 e. The molecule has 0 aromatic heterocycles. The second-order valence-electron chi connectivity index (χ2n) is 9.64. The number of Topliss-reactive ketones (excluding diaryl/α,β-unsaturated/α-hetero) is 1. The van der Waals surface area contributed by atoms with E-state index >= 15 is 0 Å². The summed E-state index contributed by atoms with van der Waals surface area (Å²) in [6.07, 6.45) is 2.24. The standard InChI is InChI=1S/C26H46N6O9/c1-17(33)18(28-2)7-3-4-15-29-21(34)12-10-20(26(40)41)32-24(37)9-6-16-30-22(35)13-11-19(25(38)39)31-23(36)8-5-14-27/h18-20,28H,3-16,27H2,1-2H3,(H,29,34)(H,30,35)(H,31,36)(H,32,37)(H,38,39)(H,40,41). The molecule has 15 heteroatoms. The average molecular weight is 587 g/mol. The Morgan fingerprint density at radius 2 is 1.07 bits per heavy atom. The van der Waals surface area contributed by atoms with E-state index in [2.05, 4.69) is 26.6 Å². The van der Waals surface area contributed by atoms with Gasteiger partial charge in [0.2, 0.25) is 23.6 Å². The highest BCUT2D eigenvalue weighted by Gasteiger charge is 2.22. The van der Waals surface area contributed by atoms with Crippen molar-refractivity contribution in [2.24, 2.45) is 5.73 Å². The summed E-state index contributed by atoms with van der Waals surface area (Å²) in [6.45, 7) is 2.30. The number of ketones is 1. The van der Waals surface area contributed by atoms with Crippen molar-refractivity contribution in [3.63, 3.8) is 0 Å². The molecule has 0 spiro atoms. The van der Waals surface area contributed by atoms with E-state index in [9.17, 15) is 43.8 Å². The van der Waals surface area contributed by atoms with Gasteiger partial charge in [-0.2, -0.15) is 0 Å². The molecule has 0 rings (SSSR count). The van der Waals surface area contributed by atoms with E-state index < -0.39 is 41.7 Å². The van der Waals surface area contributed by atoms with Crippen LogP contribution in [0.25, 0.3) is 0 Å². The van der Waals surface area contributed by atoms with Gasteiger partial charge in [0.15, 0.2) is 0 Å². The topological polar surface area (TPSA) is 246 Å². The second kappa shape index (κ2) is 22.1. The van der Waals surface area contributed by atoms with Gasteiger partial charge in [0, 0.05) is 38.8 Å². The smallest absolute Gasteiger partial charge is 0.326 e. The van der Waals surface area contributed by atoms with Crippen molar-refractivity contribution in [2.75, 3.05) is 26.7 Å². The summed E-state index contributed by atoms with van der Waals surface area (Å²) in [5.74, 6) is -4.30. The largest absolute Gasteiger partial charge is 0.480 e. The van der Waals surface area contributed by atoms with Crippen LogP contribution in [0.4, 0.5) is 0 Å². The molecule has 0 radical (unpaired) electrons. The Labute approximate surface area is 240 Å². The first-order valence-electron chi connectivity index (χ1n) is 13.9. The molecule has 0 aliphatic carbocycles. The molecule has 0 saturated carbocycles. The van der Waals surface area contributed by atoms with Gasteiger partial charge in [-0.05, 0) is 65.5 Å². The van der Waals surface area contributed by atoms with Gasteiger partial charge in [0.05, 0.1) is 6.04 Å². The molecule has 0 heterocycles. The Morgan fingerprint density at radius 3 is 1.49 bits per heavy atom. The molecule has 0 aromatic rings. The van der Waals surface area contributed by atoms with Crippen LogP contribution in [0.15, 0.2) is 0 Å². The van der Waals surface area contributed by atoms with E-state index in [0.29, 0.717) is 32.4 Å². The summed E-state index contributed by atoms with van der Waals surface area (Å²) in [7, 11) is 1.71. The Morgan fingerprint density at radius 1 is 0.610 bits per heavy atom. The van der Waals surface area contributed by atoms with Crippen LogP contribution in [-0.4, -0.2) is 96.4 Å². The highest BCUT2D eigenvalue weighted by atomic mass is 16.4. The minimum Gasteiger partial charge on any atom is -0.480 e. The van der Waals surface area contributed by atoms with E-state index in [1.807, 2.05) is 0 Å². The number of hydrogen-bond acceptors (Lipinski definition) is 9. The zero-order valence-electron chi connectivity index (χ0n) is 24.0. The molecule has 3 unspecified atom stereocenters. The average Bonchev–Trinajstić information content (AvgIpc) is 2.91. The fourth-order valence-electron chi connectivity index (χ4n) is 3.77. The molecule has 0 aliphatic rings. The van der Waals surface area contributed by atoms with E-state index in [4.69, 9.17) is 5.73 Å². The van der Waals surface area contributed by atoms with Crippen molar-refractivity contribution in [3.05, 3.63) is 0 Å². The van der Waals surface area contributed by atoms with Gasteiger partial charge in [0.1, 0.15) is 17.9 Å². The van der Waals surface area contributed by atoms with Crippen LogP contribution in [-0.2, 0) is 33.6 Å². The summed E-state index contributed by atoms with van der Waals surface area (Å²) in [5.41, 5.74) is 5.32. The summed E-state index contributed by atoms with van der Waals surface area (Å²) in [4.78, 5) is 82.1. The lowest BCUT2D eigenvalue weighted by Crippen LogP contribution is -2.42. The number of nitrogens with one attached hydrogen (secondary N) is 5. The summed E-state index contributed by atoms with van der Waals surface area (Å²) < 4.78 is 0. The molecule has 234 valence electrons. The quantitative estimate of drug-likeness (QED) is 0.0623. The number of hydrogen-bond donors (Lipinski definition) is 8. The third kappa shape index (κ3) is 19.2. The number of likely N-dealkylation sites (N-methyl/N-ethyl adjacent to an activating group) is 1. The molecular formula is C26H46N6O9. The minimum absolute atomic E-state index is 0.0481. The second-order valence-corrected chi connectivity index (χ2v) is 9.64. The van der Waals surface area contributed by atoms with Crippen LogP contribution in [0.3, 0.4) is 0 Å². The maximum absolute atomic E-state index is 12.2. The first-order chi connectivity index (χ1) is 19.4. The zero-order valence-corrected chi connectivity index (χ0v) is 24.0. The third-order valence-corrected chi connectivity index (χ3v) is 6.18. The lowest BCUT2D eigenvalue weighted by atomic mass is 10.1. The lowest BCUT2D eigenvalue weighted by molar-refractivity contribution is -0.142. The molecular weight excluding hydrogens is 540 g/mol. The third-order valence-electron chi connectivity index (χ3n) is 6.18. The Balaban J connectivity index is 4.24. The van der Waals surface area contributed by atoms with Gasteiger partial charge in [0.25, 0.3) is 0 Å². The normalized spacial score (nSPS) is 12.9. The molecule has 9 N–H and O–H groups in total. The van der Waals surface area contributed by atoms with Crippen LogP contribution in [0.2, 0.25) is 0 Å². The van der Waals surface area contributed by atoms with Gasteiger partial charge in [-0.3, -0.25) is 24.0 Å². The predicted molar refractivity (Wildman–Crippen MR) is 149 cm³/mol. The summed E-state index contributed by atoms with van der Waals surface area (Å²) in [5, 5.41) is 31.5. The van der Waals surface area contributed by atoms with Crippen molar-refractivity contribution < 1.29 is 43.8 Å². The number of nitrogens with two attached hydrogens (primary N) is 1. The van der Waals surface area contributed by atoms with Crippen molar-refractivity contribution in [3.8, 4) is 0 Å². The van der Waals surface area contributed by atoms with Crippen molar-refractivity contribution in [2.45, 2.75) is 95.7 Å². The number of rotatable bonds is 24. The lowest BCUT2D eigenvalue weighted by Gasteiger charge is -2.15. The van der Waals surface area contributed by atoms with Crippen LogP contribution in [0.5, 0.6) is 0 Å². The SMILES string of the molecule is CNC(CCCCNC(=O)CCC(NC(=O)CCCNC(=O)CCC(NC(=O)CCCN)C(=O)O)C(=O)O)C(C)=O. The van der Waals surface area contributed by atoms with E-state index in [0.717, 1.165) is 6.42 Å². The first-order valence-corrected chi connectivity index (χ1v) is 13.9. The zero-order chi connectivity index (χ0) is 31.2. The molecule has 0 aliphatic heterocycles. The summed E-state index contributed by atoms with van der Waals surface area (Å²) in [6, 6.07) is -2.68. The van der Waals surface area contributed by atoms with E-state index in [1.165, 1.54) is 6.92 Å². The minimum atomic E-state index is -1.27. The molecule has 3 atom stereocenters. The van der Waals surface area contributed by atoms with Gasteiger partial charge in [-0.15, -0.1) is 0 Å². The van der Waals surface area contributed by atoms with Crippen molar-refractivity contribution >= 4 is 41.4 Å². The molecule has 0 fully saturated rings. The highest BCUT2D eigenvalue weighted by molar-refractivity contribution is 5.85. The Bertz CT molecular complexity index is 884. The van der Waals surface area contributed by atoms with Crippen LogP contribution in [0, 0.1) is 0 Å². The molecule has 41 heavy (non-hydrogen) atoms. The Kier molecular flexibility index (Phi) is 20.2. The number of carboxylic acid groups (broad SMARTS) is 2. The fraction of sp³-hybridized carbons (Fsp3) is 0.731. The number of aliphatic carboxylic acids is 2. The summed E-state index contributed by atoms with van der Waals surface area (Å²) >= 11 is 0. The number of carbonyl (C=O) groups is 7. The van der Waals surface area contributed by atoms with Crippen LogP contribution in [0.1, 0.15) is 77.6 Å². The fourth-order valence-corrected chi connectivity index (χ4v) is 3.77. The van der Waals surface area contributed by atoms with Crippen molar-refractivity contribution in [1.82, 2.24) is 26.6 Å². The number of carboxylic acids is 2. The van der Waals surface area contributed by atoms with Gasteiger partial charge in [-0.25, -0.2) is 9.59 Å². The first kappa shape index (κ1) is 37.4. The van der Waals surface area contributed by atoms with Gasteiger partial charge < -0.3 is 42.5 Å². The molecule has 0 aromatic carbocycles.